The summed E-state index contributed by atoms with van der Waals surface area (Å²) in [6.07, 6.45) is 4.10. The topological polar surface area (TPSA) is 96.2 Å². The van der Waals surface area contributed by atoms with Gasteiger partial charge in [0.2, 0.25) is 11.6 Å². The van der Waals surface area contributed by atoms with Crippen molar-refractivity contribution in [2.45, 2.75) is 26.8 Å². The summed E-state index contributed by atoms with van der Waals surface area (Å²) in [5, 5.41) is 10.7. The highest BCUT2D eigenvalue weighted by Crippen LogP contribution is 2.39. The molecule has 8 nitrogen and oxygen atoms in total. The van der Waals surface area contributed by atoms with Gasteiger partial charge in [0.1, 0.15) is 17.1 Å². The molecule has 0 saturated carbocycles. The third kappa shape index (κ3) is 4.84. The van der Waals surface area contributed by atoms with Crippen LogP contribution in [0.4, 0.5) is 0 Å². The molecule has 0 fully saturated rings. The molecule has 0 bridgehead atoms. The Bertz CT molecular complexity index is 1020. The zero-order chi connectivity index (χ0) is 23.1. The maximum absolute atomic E-state index is 13.3. The molecule has 1 unspecified atom stereocenters. The van der Waals surface area contributed by atoms with Gasteiger partial charge in [0.15, 0.2) is 11.5 Å². The number of aromatic nitrogens is 1. The fourth-order valence-corrected chi connectivity index (χ4v) is 3.26. The molecule has 0 amide bonds. The Balaban J connectivity index is 2.70. The molecule has 1 aromatic heterocycles. The van der Waals surface area contributed by atoms with Crippen LogP contribution in [0.1, 0.15) is 36.2 Å². The maximum Gasteiger partial charge on any atom is 0.268 e. The van der Waals surface area contributed by atoms with Gasteiger partial charge in [-0.15, -0.1) is 0 Å². The van der Waals surface area contributed by atoms with E-state index in [1.807, 2.05) is 19.1 Å². The van der Waals surface area contributed by atoms with Crippen molar-refractivity contribution in [3.8, 4) is 28.9 Å². The quantitative estimate of drug-likeness (QED) is 0.455. The van der Waals surface area contributed by atoms with Crippen LogP contribution in [0.3, 0.4) is 0 Å². The molecule has 1 N–H and O–H groups in total. The lowest BCUT2D eigenvalue weighted by Crippen LogP contribution is -2.30. The highest BCUT2D eigenvalue weighted by Gasteiger charge is 2.30. The Morgan fingerprint density at radius 1 is 1.13 bits per heavy atom. The SMILES string of the molecule is CC=CCC(C)C(=O)c1c(O)c(OC)c(OC)n(Cc2ccc(OC)cc2OC)c1=O. The smallest absolute Gasteiger partial charge is 0.268 e. The van der Waals surface area contributed by atoms with E-state index in [0.29, 0.717) is 23.5 Å². The Hall–Kier alpha value is -3.42. The molecule has 0 radical (unpaired) electrons. The van der Waals surface area contributed by atoms with Crippen LogP contribution in [-0.2, 0) is 6.54 Å². The average Bonchev–Trinajstić information content (AvgIpc) is 2.78. The summed E-state index contributed by atoms with van der Waals surface area (Å²) in [4.78, 5) is 26.4. The second-order valence-corrected chi connectivity index (χ2v) is 6.91. The number of hydrogen-bond acceptors (Lipinski definition) is 7. The van der Waals surface area contributed by atoms with E-state index in [-0.39, 0.29) is 23.7 Å². The van der Waals surface area contributed by atoms with Gasteiger partial charge in [-0.1, -0.05) is 19.1 Å². The number of pyridine rings is 1. The van der Waals surface area contributed by atoms with Gasteiger partial charge in [0.25, 0.3) is 5.56 Å². The van der Waals surface area contributed by atoms with E-state index in [1.54, 1.807) is 32.2 Å². The molecule has 8 heteroatoms. The second-order valence-electron chi connectivity index (χ2n) is 6.91. The van der Waals surface area contributed by atoms with Crippen molar-refractivity contribution in [1.82, 2.24) is 4.57 Å². The zero-order valence-electron chi connectivity index (χ0n) is 18.7. The highest BCUT2D eigenvalue weighted by molar-refractivity contribution is 6.00. The molecule has 0 aliphatic carbocycles. The van der Waals surface area contributed by atoms with Crippen LogP contribution in [0.5, 0.6) is 28.9 Å². The molecule has 0 aliphatic heterocycles. The number of benzene rings is 1. The van der Waals surface area contributed by atoms with E-state index in [2.05, 4.69) is 0 Å². The van der Waals surface area contributed by atoms with Crippen molar-refractivity contribution in [3.63, 3.8) is 0 Å². The van der Waals surface area contributed by atoms with E-state index >= 15 is 0 Å². The number of aromatic hydroxyl groups is 1. The van der Waals surface area contributed by atoms with Crippen LogP contribution in [-0.4, -0.2) is 43.9 Å². The first kappa shape index (κ1) is 23.9. The molecule has 0 aliphatic rings. The maximum atomic E-state index is 13.3. The standard InChI is InChI=1S/C23H29NO7/c1-7-8-9-14(2)19(25)18-20(26)21(30-5)23(31-6)24(22(18)27)13-15-10-11-16(28-3)12-17(15)29-4/h7-8,10-12,14,26H,9,13H2,1-6H3. The summed E-state index contributed by atoms with van der Waals surface area (Å²) >= 11 is 0. The molecule has 1 heterocycles. The van der Waals surface area contributed by atoms with E-state index in [0.717, 1.165) is 0 Å². The molecular formula is C23H29NO7. The number of Topliss-reactive ketones (excluding diaryl/α,β-unsaturated/α-hetero) is 1. The van der Waals surface area contributed by atoms with Crippen LogP contribution in [0.25, 0.3) is 0 Å². The van der Waals surface area contributed by atoms with Crippen molar-refractivity contribution in [3.05, 3.63) is 51.8 Å². The van der Waals surface area contributed by atoms with Gasteiger partial charge in [0.05, 0.1) is 35.0 Å². The molecule has 0 saturated heterocycles. The number of carbonyl (C=O) groups excluding carboxylic acids is 1. The Labute approximate surface area is 181 Å². The number of allylic oxidation sites excluding steroid dienone is 2. The van der Waals surface area contributed by atoms with E-state index < -0.39 is 23.0 Å². The van der Waals surface area contributed by atoms with Crippen LogP contribution in [0.15, 0.2) is 35.1 Å². The summed E-state index contributed by atoms with van der Waals surface area (Å²) in [5.41, 5.74) is -0.357. The van der Waals surface area contributed by atoms with Crippen molar-refractivity contribution in [2.24, 2.45) is 5.92 Å². The second kappa shape index (κ2) is 10.6. The predicted molar refractivity (Wildman–Crippen MR) is 117 cm³/mol. The van der Waals surface area contributed by atoms with Gasteiger partial charge in [-0.3, -0.25) is 14.2 Å². The number of rotatable bonds is 10. The van der Waals surface area contributed by atoms with E-state index in [1.165, 1.54) is 25.9 Å². The van der Waals surface area contributed by atoms with Gasteiger partial charge < -0.3 is 24.1 Å². The molecule has 1 atom stereocenters. The van der Waals surface area contributed by atoms with E-state index in [9.17, 15) is 14.7 Å². The Kier molecular flexibility index (Phi) is 8.13. The van der Waals surface area contributed by atoms with Gasteiger partial charge >= 0.3 is 0 Å². The predicted octanol–water partition coefficient (Wildman–Crippen LogP) is 3.42. The average molecular weight is 431 g/mol. The van der Waals surface area contributed by atoms with Crippen molar-refractivity contribution < 1.29 is 28.8 Å². The summed E-state index contributed by atoms with van der Waals surface area (Å²) in [5.74, 6) is -0.503. The lowest BCUT2D eigenvalue weighted by molar-refractivity contribution is 0.0924. The molecule has 1 aromatic carbocycles. The Morgan fingerprint density at radius 2 is 1.84 bits per heavy atom. The summed E-state index contributed by atoms with van der Waals surface area (Å²) in [6.45, 7) is 3.57. The third-order valence-electron chi connectivity index (χ3n) is 4.99. The minimum absolute atomic E-state index is 0.000489. The zero-order valence-corrected chi connectivity index (χ0v) is 18.7. The third-order valence-corrected chi connectivity index (χ3v) is 4.99. The number of carbonyl (C=O) groups is 1. The normalized spacial score (nSPS) is 11.9. The summed E-state index contributed by atoms with van der Waals surface area (Å²) in [6, 6.07) is 5.17. The molecule has 31 heavy (non-hydrogen) atoms. The molecular weight excluding hydrogens is 402 g/mol. The first-order valence-electron chi connectivity index (χ1n) is 9.78. The molecule has 168 valence electrons. The van der Waals surface area contributed by atoms with E-state index in [4.69, 9.17) is 18.9 Å². The van der Waals surface area contributed by atoms with Gasteiger partial charge in [-0.05, 0) is 25.5 Å². The minimum Gasteiger partial charge on any atom is -0.503 e. The highest BCUT2D eigenvalue weighted by atomic mass is 16.5. The fraction of sp³-hybridized carbons (Fsp3) is 0.391. The van der Waals surface area contributed by atoms with Crippen molar-refractivity contribution in [2.75, 3.05) is 28.4 Å². The molecule has 0 spiro atoms. The number of ketones is 1. The number of ether oxygens (including phenoxy) is 4. The van der Waals surface area contributed by atoms with Crippen LogP contribution in [0, 0.1) is 5.92 Å². The minimum atomic E-state index is -0.676. The summed E-state index contributed by atoms with van der Waals surface area (Å²) in [7, 11) is 5.74. The monoisotopic (exact) mass is 431 g/mol. The van der Waals surface area contributed by atoms with Crippen LogP contribution >= 0.6 is 0 Å². The lowest BCUT2D eigenvalue weighted by Gasteiger charge is -2.20. The first-order valence-corrected chi connectivity index (χ1v) is 9.78. The number of nitrogens with zero attached hydrogens (tertiary/aromatic N) is 1. The van der Waals surface area contributed by atoms with Crippen molar-refractivity contribution >= 4 is 5.78 Å². The molecule has 2 aromatic rings. The number of methoxy groups -OCH3 is 4. The van der Waals surface area contributed by atoms with Crippen molar-refractivity contribution in [1.29, 1.82) is 0 Å². The largest absolute Gasteiger partial charge is 0.503 e. The van der Waals surface area contributed by atoms with Crippen LogP contribution < -0.4 is 24.5 Å². The van der Waals surface area contributed by atoms with Gasteiger partial charge in [-0.2, -0.15) is 0 Å². The number of hydrogen-bond donors (Lipinski definition) is 1. The first-order chi connectivity index (χ1) is 14.8. The van der Waals surface area contributed by atoms with Crippen LogP contribution in [0.2, 0.25) is 0 Å². The Morgan fingerprint density at radius 3 is 2.39 bits per heavy atom. The van der Waals surface area contributed by atoms with Gasteiger partial charge in [0, 0.05) is 17.5 Å². The summed E-state index contributed by atoms with van der Waals surface area (Å²) < 4.78 is 22.5. The fourth-order valence-electron chi connectivity index (χ4n) is 3.26. The molecule has 2 rings (SSSR count). The lowest BCUT2D eigenvalue weighted by atomic mass is 9.96. The van der Waals surface area contributed by atoms with Gasteiger partial charge in [-0.25, -0.2) is 0 Å².